The van der Waals surface area contributed by atoms with Crippen molar-refractivity contribution in [2.45, 2.75) is 30.6 Å². The summed E-state index contributed by atoms with van der Waals surface area (Å²) in [7, 11) is -2.98. The van der Waals surface area contributed by atoms with E-state index in [0.717, 1.165) is 5.56 Å². The molecule has 2 aliphatic rings. The Balaban J connectivity index is 1.60. The van der Waals surface area contributed by atoms with E-state index in [1.165, 1.54) is 12.1 Å². The van der Waals surface area contributed by atoms with E-state index in [0.29, 0.717) is 19.4 Å². The maximum absolute atomic E-state index is 13.1. The average Bonchev–Trinajstić information content (AvgIpc) is 2.95. The third-order valence-electron chi connectivity index (χ3n) is 4.24. The maximum atomic E-state index is 13.1. The second kappa shape index (κ2) is 5.25. The molecular formula is C14H15ClFNO3S. The van der Waals surface area contributed by atoms with Crippen molar-refractivity contribution in [1.29, 1.82) is 0 Å². The Hall–Kier alpha value is -1.14. The first-order valence-corrected chi connectivity index (χ1v) is 8.91. The predicted octanol–water partition coefficient (Wildman–Crippen LogP) is 1.81. The van der Waals surface area contributed by atoms with Crippen molar-refractivity contribution in [2.75, 3.05) is 12.3 Å². The van der Waals surface area contributed by atoms with E-state index in [4.69, 9.17) is 11.6 Å². The molecule has 2 atom stereocenters. The number of hydrogen-bond acceptors (Lipinski definition) is 3. The number of carbonyl (C=O) groups is 1. The highest BCUT2D eigenvalue weighted by Gasteiger charge is 2.49. The molecule has 2 heterocycles. The second-order valence-corrected chi connectivity index (χ2v) is 8.37. The Morgan fingerprint density at radius 1 is 1.43 bits per heavy atom. The standard InChI is InChI=1S/C14H15ClFNO3S/c15-12-5-9(1-3-13(12)16)2-4-14(18)17-7-11-6-10(17)8-21(11,19)20/h1,3,5,10-11H,2,4,6-8H2. The van der Waals surface area contributed by atoms with Crippen LogP contribution in [0.5, 0.6) is 0 Å². The first-order chi connectivity index (χ1) is 9.87. The highest BCUT2D eigenvalue weighted by atomic mass is 35.5. The minimum atomic E-state index is -2.98. The summed E-state index contributed by atoms with van der Waals surface area (Å²) >= 11 is 5.70. The van der Waals surface area contributed by atoms with Crippen LogP contribution in [0.4, 0.5) is 4.39 Å². The topological polar surface area (TPSA) is 54.5 Å². The highest BCUT2D eigenvalue weighted by molar-refractivity contribution is 7.92. The van der Waals surface area contributed by atoms with Crippen LogP contribution in [0, 0.1) is 5.82 Å². The third kappa shape index (κ3) is 2.79. The fourth-order valence-corrected chi connectivity index (χ4v) is 5.32. The van der Waals surface area contributed by atoms with Gasteiger partial charge in [0.15, 0.2) is 9.84 Å². The number of sulfone groups is 1. The van der Waals surface area contributed by atoms with Gasteiger partial charge >= 0.3 is 0 Å². The van der Waals surface area contributed by atoms with Gasteiger partial charge in [-0.3, -0.25) is 4.79 Å². The first-order valence-electron chi connectivity index (χ1n) is 6.82. The summed E-state index contributed by atoms with van der Waals surface area (Å²) in [4.78, 5) is 13.9. The van der Waals surface area contributed by atoms with E-state index in [-0.39, 0.29) is 34.4 Å². The summed E-state index contributed by atoms with van der Waals surface area (Å²) < 4.78 is 36.4. The molecule has 0 N–H and O–H groups in total. The number of rotatable bonds is 3. The fraction of sp³-hybridized carbons (Fsp3) is 0.500. The normalized spacial score (nSPS) is 26.3. The molecule has 2 aliphatic heterocycles. The van der Waals surface area contributed by atoms with Crippen molar-refractivity contribution in [3.63, 3.8) is 0 Å². The van der Waals surface area contributed by atoms with Gasteiger partial charge in [-0.2, -0.15) is 0 Å². The number of fused-ring (bicyclic) bond motifs is 2. The zero-order valence-electron chi connectivity index (χ0n) is 11.3. The summed E-state index contributed by atoms with van der Waals surface area (Å²) in [5.74, 6) is -0.433. The number of likely N-dealkylation sites (tertiary alicyclic amines) is 1. The molecule has 1 aromatic rings. The van der Waals surface area contributed by atoms with Gasteiger partial charge < -0.3 is 4.90 Å². The molecule has 0 aromatic heterocycles. The second-order valence-electron chi connectivity index (χ2n) is 5.64. The molecule has 114 valence electrons. The molecule has 7 heteroatoms. The van der Waals surface area contributed by atoms with E-state index < -0.39 is 15.7 Å². The Bertz CT molecular complexity index is 691. The van der Waals surface area contributed by atoms with E-state index in [2.05, 4.69) is 0 Å². The van der Waals surface area contributed by atoms with Crippen LogP contribution in [0.15, 0.2) is 18.2 Å². The van der Waals surface area contributed by atoms with E-state index in [1.54, 1.807) is 11.0 Å². The molecule has 0 spiro atoms. The lowest BCUT2D eigenvalue weighted by molar-refractivity contribution is -0.131. The van der Waals surface area contributed by atoms with Crippen LogP contribution in [-0.4, -0.2) is 42.8 Å². The number of amides is 1. The van der Waals surface area contributed by atoms with Crippen molar-refractivity contribution in [2.24, 2.45) is 0 Å². The van der Waals surface area contributed by atoms with Gasteiger partial charge in [-0.15, -0.1) is 0 Å². The van der Waals surface area contributed by atoms with Crippen molar-refractivity contribution < 1.29 is 17.6 Å². The van der Waals surface area contributed by atoms with E-state index >= 15 is 0 Å². The zero-order chi connectivity index (χ0) is 15.2. The number of benzene rings is 1. The van der Waals surface area contributed by atoms with Gasteiger partial charge in [0.2, 0.25) is 5.91 Å². The molecule has 2 bridgehead atoms. The Morgan fingerprint density at radius 3 is 2.76 bits per heavy atom. The van der Waals surface area contributed by atoms with Crippen molar-refractivity contribution in [1.82, 2.24) is 4.90 Å². The van der Waals surface area contributed by atoms with Gasteiger partial charge in [-0.05, 0) is 30.5 Å². The predicted molar refractivity (Wildman–Crippen MR) is 77.4 cm³/mol. The van der Waals surface area contributed by atoms with Crippen LogP contribution in [0.1, 0.15) is 18.4 Å². The molecule has 21 heavy (non-hydrogen) atoms. The number of carbonyl (C=O) groups excluding carboxylic acids is 1. The molecular weight excluding hydrogens is 317 g/mol. The lowest BCUT2D eigenvalue weighted by Gasteiger charge is -2.26. The number of aryl methyl sites for hydroxylation is 1. The van der Waals surface area contributed by atoms with Crippen LogP contribution in [0.25, 0.3) is 0 Å². The van der Waals surface area contributed by atoms with Crippen LogP contribution >= 0.6 is 11.6 Å². The van der Waals surface area contributed by atoms with Crippen LogP contribution in [0.3, 0.4) is 0 Å². The van der Waals surface area contributed by atoms with Crippen LogP contribution in [-0.2, 0) is 21.1 Å². The lowest BCUT2D eigenvalue weighted by atomic mass is 10.1. The minimum absolute atomic E-state index is 0.0437. The maximum Gasteiger partial charge on any atom is 0.223 e. The first kappa shape index (κ1) is 14.8. The van der Waals surface area contributed by atoms with Crippen molar-refractivity contribution >= 4 is 27.3 Å². The van der Waals surface area contributed by atoms with Crippen LogP contribution < -0.4 is 0 Å². The average molecular weight is 332 g/mol. The van der Waals surface area contributed by atoms with E-state index in [1.807, 2.05) is 0 Å². The van der Waals surface area contributed by atoms with Gasteiger partial charge in [0.05, 0.1) is 16.0 Å². The Labute approximate surface area is 127 Å². The van der Waals surface area contributed by atoms with Gasteiger partial charge in [0.25, 0.3) is 0 Å². The monoisotopic (exact) mass is 331 g/mol. The molecule has 1 amide bonds. The molecule has 2 fully saturated rings. The van der Waals surface area contributed by atoms with Gasteiger partial charge in [-0.25, -0.2) is 12.8 Å². The van der Waals surface area contributed by atoms with Gasteiger partial charge in [0.1, 0.15) is 5.82 Å². The summed E-state index contributed by atoms with van der Waals surface area (Å²) in [6, 6.07) is 4.25. The van der Waals surface area contributed by atoms with Gasteiger partial charge in [-0.1, -0.05) is 17.7 Å². The molecule has 2 unspecified atom stereocenters. The van der Waals surface area contributed by atoms with Crippen molar-refractivity contribution in [3.8, 4) is 0 Å². The quantitative estimate of drug-likeness (QED) is 0.849. The largest absolute Gasteiger partial charge is 0.337 e. The molecule has 2 saturated heterocycles. The minimum Gasteiger partial charge on any atom is -0.337 e. The molecule has 3 rings (SSSR count). The number of halogens is 2. The number of nitrogens with zero attached hydrogens (tertiary/aromatic N) is 1. The van der Waals surface area contributed by atoms with Gasteiger partial charge in [0, 0.05) is 19.0 Å². The molecule has 0 saturated carbocycles. The third-order valence-corrected chi connectivity index (χ3v) is 6.74. The Morgan fingerprint density at radius 2 is 2.19 bits per heavy atom. The molecule has 4 nitrogen and oxygen atoms in total. The fourth-order valence-electron chi connectivity index (χ4n) is 3.09. The summed E-state index contributed by atoms with van der Waals surface area (Å²) in [5, 5.41) is -0.335. The van der Waals surface area contributed by atoms with E-state index in [9.17, 15) is 17.6 Å². The van der Waals surface area contributed by atoms with Crippen LogP contribution in [0.2, 0.25) is 5.02 Å². The molecule has 1 aromatic carbocycles. The number of hydrogen-bond donors (Lipinski definition) is 0. The zero-order valence-corrected chi connectivity index (χ0v) is 12.8. The molecule has 0 aliphatic carbocycles. The Kier molecular flexibility index (Phi) is 3.69. The smallest absolute Gasteiger partial charge is 0.223 e. The highest BCUT2D eigenvalue weighted by Crippen LogP contribution is 2.33. The van der Waals surface area contributed by atoms with Crippen molar-refractivity contribution in [3.05, 3.63) is 34.6 Å². The summed E-state index contributed by atoms with van der Waals surface area (Å²) in [5.41, 5.74) is 0.798. The summed E-state index contributed by atoms with van der Waals surface area (Å²) in [6.07, 6.45) is 1.32. The lowest BCUT2D eigenvalue weighted by Crippen LogP contribution is -2.44. The SMILES string of the molecule is O=C(CCc1ccc(F)c(Cl)c1)N1CC2CC1CS2(=O)=O. The summed E-state index contributed by atoms with van der Waals surface area (Å²) in [6.45, 7) is 0.315. The molecule has 0 radical (unpaired) electrons.